The number of hydrogen-bond donors (Lipinski definition) is 2. The first kappa shape index (κ1) is 22.3. The van der Waals surface area contributed by atoms with Crippen LogP contribution in [0.1, 0.15) is 60.2 Å². The van der Waals surface area contributed by atoms with Crippen molar-refractivity contribution in [3.63, 3.8) is 0 Å². The largest absolute Gasteiger partial charge is 0.460 e. The Hall–Kier alpha value is -1.99. The van der Waals surface area contributed by atoms with E-state index >= 15 is 0 Å². The molecule has 9 heteroatoms. The van der Waals surface area contributed by atoms with Crippen LogP contribution in [0.3, 0.4) is 0 Å². The normalized spacial score (nSPS) is 17.7. The van der Waals surface area contributed by atoms with Crippen LogP contribution in [0.15, 0.2) is 22.5 Å². The fourth-order valence-corrected chi connectivity index (χ4v) is 3.18. The molecule has 2 rings (SSSR count). The number of rotatable bonds is 4. The molecule has 0 saturated carbocycles. The lowest BCUT2D eigenvalue weighted by Crippen LogP contribution is -2.35. The highest BCUT2D eigenvalue weighted by Crippen LogP contribution is 2.40. The van der Waals surface area contributed by atoms with Crippen molar-refractivity contribution in [3.8, 4) is 0 Å². The van der Waals surface area contributed by atoms with Gasteiger partial charge in [-0.2, -0.15) is 0 Å². The highest BCUT2D eigenvalue weighted by atomic mass is 35.5. The number of esters is 2. The van der Waals surface area contributed by atoms with Crippen LogP contribution in [0.5, 0.6) is 0 Å². The second-order valence-corrected chi connectivity index (χ2v) is 8.55. The molecule has 2 N–H and O–H groups in total. The minimum Gasteiger partial charge on any atom is -0.460 e. The van der Waals surface area contributed by atoms with E-state index in [4.69, 9.17) is 32.7 Å². The Kier molecular flexibility index (Phi) is 6.51. The van der Waals surface area contributed by atoms with Gasteiger partial charge in [0.05, 0.1) is 23.2 Å². The van der Waals surface area contributed by atoms with E-state index in [1.807, 2.05) is 0 Å². The molecule has 0 aromatic carbocycles. The number of aromatic nitrogens is 2. The number of carbonyl (C=O) groups is 2. The summed E-state index contributed by atoms with van der Waals surface area (Å²) in [6, 6.07) is 0. The van der Waals surface area contributed by atoms with Gasteiger partial charge in [-0.25, -0.2) is 14.6 Å². The Balaban J connectivity index is 2.63. The van der Waals surface area contributed by atoms with Crippen LogP contribution >= 0.6 is 23.2 Å². The lowest BCUT2D eigenvalue weighted by atomic mass is 9.84. The highest BCUT2D eigenvalue weighted by molar-refractivity contribution is 6.40. The van der Waals surface area contributed by atoms with Gasteiger partial charge in [0.2, 0.25) is 0 Å². The Morgan fingerprint density at radius 1 is 1.07 bits per heavy atom. The first-order chi connectivity index (χ1) is 12.8. The number of ether oxygens (including phenoxy) is 2. The summed E-state index contributed by atoms with van der Waals surface area (Å²) >= 11 is 12.0. The third-order valence-electron chi connectivity index (χ3n) is 3.85. The standard InChI is InChI=1S/C19H25Cl2N3O4/c1-8(2)27-17(25)11-9(3)22-10(4)12(18(26)28-19(5,6)7)13(11)16-23-14(20)15(21)24-16/h8,13,22H,1-7H3,(H,23,24). The van der Waals surface area contributed by atoms with Gasteiger partial charge >= 0.3 is 11.9 Å². The summed E-state index contributed by atoms with van der Waals surface area (Å²) in [5.74, 6) is -1.75. The molecule has 0 fully saturated rings. The summed E-state index contributed by atoms with van der Waals surface area (Å²) in [7, 11) is 0. The predicted octanol–water partition coefficient (Wildman–Crippen LogP) is 4.24. The van der Waals surface area contributed by atoms with Gasteiger partial charge in [0.15, 0.2) is 5.15 Å². The van der Waals surface area contributed by atoms with Crippen LogP contribution in [0.4, 0.5) is 0 Å². The quantitative estimate of drug-likeness (QED) is 0.694. The molecule has 1 aliphatic heterocycles. The topological polar surface area (TPSA) is 93.3 Å². The molecule has 2 heterocycles. The molecule has 28 heavy (non-hydrogen) atoms. The number of hydrogen-bond acceptors (Lipinski definition) is 6. The number of H-pyrrole nitrogens is 1. The number of allylic oxidation sites excluding steroid dienone is 2. The fourth-order valence-electron chi connectivity index (χ4n) is 2.90. The lowest BCUT2D eigenvalue weighted by molar-refractivity contribution is -0.150. The zero-order chi connectivity index (χ0) is 21.4. The minimum absolute atomic E-state index is 0.0469. The van der Waals surface area contributed by atoms with Gasteiger partial charge in [0, 0.05) is 11.4 Å². The monoisotopic (exact) mass is 429 g/mol. The predicted molar refractivity (Wildman–Crippen MR) is 107 cm³/mol. The van der Waals surface area contributed by atoms with Gasteiger partial charge in [-0.1, -0.05) is 23.2 Å². The SMILES string of the molecule is CC1=C(C(=O)OC(C)C)C(c2nc(Cl)c(Cl)[nH]2)C(C(=O)OC(C)(C)C)=C(C)N1. The van der Waals surface area contributed by atoms with Crippen LogP contribution in [0.2, 0.25) is 10.3 Å². The number of aromatic amines is 1. The van der Waals surface area contributed by atoms with E-state index in [0.29, 0.717) is 11.4 Å². The Morgan fingerprint density at radius 2 is 1.61 bits per heavy atom. The lowest BCUT2D eigenvalue weighted by Gasteiger charge is -2.31. The molecule has 7 nitrogen and oxygen atoms in total. The van der Waals surface area contributed by atoms with Crippen molar-refractivity contribution in [2.75, 3.05) is 0 Å². The van der Waals surface area contributed by atoms with Gasteiger partial charge in [0.1, 0.15) is 16.6 Å². The van der Waals surface area contributed by atoms with Crippen LogP contribution in [-0.2, 0) is 19.1 Å². The maximum Gasteiger partial charge on any atom is 0.337 e. The molecular formula is C19H25Cl2N3O4. The molecule has 1 unspecified atom stereocenters. The van der Waals surface area contributed by atoms with Crippen molar-refractivity contribution in [3.05, 3.63) is 38.7 Å². The van der Waals surface area contributed by atoms with Crippen molar-refractivity contribution in [1.29, 1.82) is 0 Å². The highest BCUT2D eigenvalue weighted by Gasteiger charge is 2.41. The Morgan fingerprint density at radius 3 is 2.04 bits per heavy atom. The third-order valence-corrected chi connectivity index (χ3v) is 4.50. The molecule has 0 radical (unpaired) electrons. The van der Waals surface area contributed by atoms with Crippen molar-refractivity contribution in [2.45, 2.75) is 66.1 Å². The molecule has 1 aliphatic rings. The molecule has 1 aromatic heterocycles. The van der Waals surface area contributed by atoms with Crippen LogP contribution in [0.25, 0.3) is 0 Å². The number of carbonyl (C=O) groups excluding carboxylic acids is 2. The third kappa shape index (κ3) is 4.89. The molecule has 0 spiro atoms. The van der Waals surface area contributed by atoms with Crippen LogP contribution in [-0.4, -0.2) is 33.6 Å². The number of nitrogens with one attached hydrogen (secondary N) is 2. The van der Waals surface area contributed by atoms with Crippen molar-refractivity contribution >= 4 is 35.1 Å². The number of nitrogens with zero attached hydrogens (tertiary/aromatic N) is 1. The van der Waals surface area contributed by atoms with Crippen LogP contribution in [0, 0.1) is 0 Å². The van der Waals surface area contributed by atoms with E-state index in [-0.39, 0.29) is 33.4 Å². The summed E-state index contributed by atoms with van der Waals surface area (Å²) in [6.45, 7) is 12.2. The number of halogens is 2. The van der Waals surface area contributed by atoms with Gasteiger partial charge in [-0.15, -0.1) is 0 Å². The average molecular weight is 430 g/mol. The van der Waals surface area contributed by atoms with E-state index in [2.05, 4.69) is 15.3 Å². The Labute approximate surface area is 174 Å². The molecule has 0 amide bonds. The molecule has 0 saturated heterocycles. The summed E-state index contributed by atoms with van der Waals surface area (Å²) < 4.78 is 11.0. The Bertz CT molecular complexity index is 844. The second kappa shape index (κ2) is 8.17. The molecule has 0 bridgehead atoms. The first-order valence-electron chi connectivity index (χ1n) is 8.85. The molecule has 1 atom stereocenters. The van der Waals surface area contributed by atoms with Crippen LogP contribution < -0.4 is 5.32 Å². The van der Waals surface area contributed by atoms with Gasteiger partial charge in [0.25, 0.3) is 0 Å². The summed E-state index contributed by atoms with van der Waals surface area (Å²) in [5, 5.41) is 3.23. The number of dihydropyridines is 1. The van der Waals surface area contributed by atoms with E-state index < -0.39 is 23.5 Å². The first-order valence-corrected chi connectivity index (χ1v) is 9.61. The zero-order valence-electron chi connectivity index (χ0n) is 17.0. The number of imidazole rings is 1. The van der Waals surface area contributed by atoms with E-state index in [1.54, 1.807) is 48.5 Å². The van der Waals surface area contributed by atoms with Crippen molar-refractivity contribution in [2.24, 2.45) is 0 Å². The summed E-state index contributed by atoms with van der Waals surface area (Å²) in [6.07, 6.45) is -0.339. The van der Waals surface area contributed by atoms with Crippen molar-refractivity contribution in [1.82, 2.24) is 15.3 Å². The van der Waals surface area contributed by atoms with Gasteiger partial charge < -0.3 is 19.8 Å². The van der Waals surface area contributed by atoms with Gasteiger partial charge in [-0.3, -0.25) is 0 Å². The van der Waals surface area contributed by atoms with E-state index in [1.165, 1.54) is 0 Å². The maximum absolute atomic E-state index is 13.0. The van der Waals surface area contributed by atoms with E-state index in [0.717, 1.165) is 0 Å². The average Bonchev–Trinajstić information content (AvgIpc) is 2.82. The molecular weight excluding hydrogens is 405 g/mol. The summed E-state index contributed by atoms with van der Waals surface area (Å²) in [5.41, 5.74) is 0.841. The zero-order valence-corrected chi connectivity index (χ0v) is 18.5. The second-order valence-electron chi connectivity index (χ2n) is 7.82. The fraction of sp³-hybridized carbons (Fsp3) is 0.526. The summed E-state index contributed by atoms with van der Waals surface area (Å²) in [4.78, 5) is 32.9. The van der Waals surface area contributed by atoms with E-state index in [9.17, 15) is 9.59 Å². The minimum atomic E-state index is -0.868. The molecule has 154 valence electrons. The smallest absolute Gasteiger partial charge is 0.337 e. The molecule has 0 aliphatic carbocycles. The maximum atomic E-state index is 13.0. The molecule has 1 aromatic rings. The van der Waals surface area contributed by atoms with Gasteiger partial charge in [-0.05, 0) is 48.5 Å². The van der Waals surface area contributed by atoms with Crippen molar-refractivity contribution < 1.29 is 19.1 Å².